The van der Waals surface area contributed by atoms with Gasteiger partial charge >= 0.3 is 0 Å². The number of rotatable bonds is 3. The highest BCUT2D eigenvalue weighted by molar-refractivity contribution is 6.13. The smallest absolute Gasteiger partial charge is 0.249 e. The molecule has 0 unspecified atom stereocenters. The molecule has 0 fully saturated rings. The van der Waals surface area contributed by atoms with Crippen LogP contribution in [0.2, 0.25) is 0 Å². The number of nitrogens with zero attached hydrogens (tertiary/aromatic N) is 2. The number of benzene rings is 1. The highest BCUT2D eigenvalue weighted by atomic mass is 19.1. The van der Waals surface area contributed by atoms with Crippen molar-refractivity contribution in [3.63, 3.8) is 0 Å². The van der Waals surface area contributed by atoms with Crippen molar-refractivity contribution in [1.82, 2.24) is 4.98 Å². The van der Waals surface area contributed by atoms with E-state index in [2.05, 4.69) is 4.98 Å². The molecule has 0 atom stereocenters. The molecule has 0 aliphatic carbocycles. The number of anilines is 1. The Kier molecular flexibility index (Phi) is 3.91. The molecule has 0 spiro atoms. The lowest BCUT2D eigenvalue weighted by Gasteiger charge is -2.11. The maximum absolute atomic E-state index is 13.8. The fourth-order valence-electron chi connectivity index (χ4n) is 2.36. The average molecular weight is 327 g/mol. The molecule has 2 N–H and O–H groups in total. The Morgan fingerprint density at radius 1 is 1.17 bits per heavy atom. The summed E-state index contributed by atoms with van der Waals surface area (Å²) in [4.78, 5) is 16.4. The van der Waals surface area contributed by atoms with Gasteiger partial charge in [0, 0.05) is 24.5 Å². The van der Waals surface area contributed by atoms with Crippen molar-refractivity contribution in [3.05, 3.63) is 83.0 Å². The van der Waals surface area contributed by atoms with Crippen molar-refractivity contribution in [3.8, 4) is 11.3 Å². The minimum absolute atomic E-state index is 0.0384. The molecule has 0 aliphatic rings. The second-order valence-corrected chi connectivity index (χ2v) is 5.01. The van der Waals surface area contributed by atoms with Crippen LogP contribution in [0.1, 0.15) is 15.9 Å². The number of ketones is 1. The third kappa shape index (κ3) is 2.67. The van der Waals surface area contributed by atoms with Gasteiger partial charge in [0.2, 0.25) is 5.69 Å². The zero-order chi connectivity index (χ0) is 17.3. The summed E-state index contributed by atoms with van der Waals surface area (Å²) in [5, 5.41) is 12.0. The van der Waals surface area contributed by atoms with Gasteiger partial charge in [-0.15, -0.1) is 0 Å². The Labute approximate surface area is 135 Å². The summed E-state index contributed by atoms with van der Waals surface area (Å²) in [6.07, 6.45) is 4.05. The molecule has 0 aliphatic heterocycles. The summed E-state index contributed by atoms with van der Waals surface area (Å²) in [6, 6.07) is 7.05. The SMILES string of the molecule is Nc1c(C(=O)c2ccc(F)cc2F)cc[n+]([O-])c1-c1cccnc1. The molecule has 3 aromatic rings. The first-order valence-corrected chi connectivity index (χ1v) is 6.91. The molecule has 3 rings (SSSR count). The van der Waals surface area contributed by atoms with E-state index in [0.717, 1.165) is 18.3 Å². The molecule has 2 aromatic heterocycles. The standard InChI is InChI=1S/C17H11F2N3O2/c18-11-3-4-12(14(19)8-11)17(23)13-5-7-22(24)16(15(13)20)10-2-1-6-21-9-10/h1-9H,20H2. The molecule has 120 valence electrons. The maximum Gasteiger partial charge on any atom is 0.249 e. The minimum Gasteiger partial charge on any atom is -0.618 e. The molecule has 0 radical (unpaired) electrons. The predicted molar refractivity (Wildman–Crippen MR) is 82.8 cm³/mol. The van der Waals surface area contributed by atoms with Gasteiger partial charge in [-0.2, -0.15) is 4.73 Å². The van der Waals surface area contributed by atoms with E-state index in [1.807, 2.05) is 0 Å². The number of nitrogen functional groups attached to an aromatic ring is 1. The van der Waals surface area contributed by atoms with Gasteiger partial charge in [-0.05, 0) is 24.3 Å². The largest absolute Gasteiger partial charge is 0.618 e. The third-order valence-electron chi connectivity index (χ3n) is 3.50. The highest BCUT2D eigenvalue weighted by Gasteiger charge is 2.24. The molecule has 5 nitrogen and oxygen atoms in total. The number of carbonyl (C=O) groups excluding carboxylic acids is 1. The van der Waals surface area contributed by atoms with Crippen molar-refractivity contribution in [2.75, 3.05) is 5.73 Å². The summed E-state index contributed by atoms with van der Waals surface area (Å²) in [5.74, 6) is -2.53. The molecular weight excluding hydrogens is 316 g/mol. The van der Waals surface area contributed by atoms with Crippen molar-refractivity contribution in [2.24, 2.45) is 0 Å². The van der Waals surface area contributed by atoms with Crippen LogP contribution in [-0.2, 0) is 0 Å². The van der Waals surface area contributed by atoms with Crippen molar-refractivity contribution in [2.45, 2.75) is 0 Å². The topological polar surface area (TPSA) is 82.9 Å². The van der Waals surface area contributed by atoms with Crippen LogP contribution in [0.3, 0.4) is 0 Å². The maximum atomic E-state index is 13.8. The van der Waals surface area contributed by atoms with E-state index in [1.54, 1.807) is 12.1 Å². The minimum atomic E-state index is -0.999. The number of aromatic nitrogens is 2. The second kappa shape index (κ2) is 6.04. The Hall–Kier alpha value is -3.35. The second-order valence-electron chi connectivity index (χ2n) is 5.01. The van der Waals surface area contributed by atoms with Gasteiger partial charge in [0.25, 0.3) is 0 Å². The number of hydrogen-bond donors (Lipinski definition) is 1. The fourth-order valence-corrected chi connectivity index (χ4v) is 2.36. The lowest BCUT2D eigenvalue weighted by Crippen LogP contribution is -2.31. The van der Waals surface area contributed by atoms with Gasteiger partial charge in [-0.3, -0.25) is 9.78 Å². The summed E-state index contributed by atoms with van der Waals surface area (Å²) in [5.41, 5.74) is 5.94. The molecule has 0 amide bonds. The summed E-state index contributed by atoms with van der Waals surface area (Å²) in [7, 11) is 0. The number of carbonyl (C=O) groups is 1. The fraction of sp³-hybridized carbons (Fsp3) is 0. The molecular formula is C17H11F2N3O2. The van der Waals surface area contributed by atoms with Crippen molar-refractivity contribution >= 4 is 11.5 Å². The number of nitrogens with two attached hydrogens (primary N) is 1. The third-order valence-corrected chi connectivity index (χ3v) is 3.50. The van der Waals surface area contributed by atoms with E-state index < -0.39 is 17.4 Å². The van der Waals surface area contributed by atoms with Crippen LogP contribution >= 0.6 is 0 Å². The first-order valence-electron chi connectivity index (χ1n) is 6.91. The van der Waals surface area contributed by atoms with Crippen molar-refractivity contribution in [1.29, 1.82) is 0 Å². The highest BCUT2D eigenvalue weighted by Crippen LogP contribution is 2.26. The summed E-state index contributed by atoms with van der Waals surface area (Å²) in [6.45, 7) is 0. The summed E-state index contributed by atoms with van der Waals surface area (Å²) < 4.78 is 27.3. The van der Waals surface area contributed by atoms with E-state index >= 15 is 0 Å². The zero-order valence-corrected chi connectivity index (χ0v) is 12.2. The summed E-state index contributed by atoms with van der Waals surface area (Å²) >= 11 is 0. The Balaban J connectivity index is 2.14. The van der Waals surface area contributed by atoms with E-state index in [1.165, 1.54) is 18.5 Å². The molecule has 24 heavy (non-hydrogen) atoms. The molecule has 2 heterocycles. The number of hydrogen-bond acceptors (Lipinski definition) is 4. The van der Waals surface area contributed by atoms with Gasteiger partial charge < -0.3 is 10.9 Å². The Morgan fingerprint density at radius 3 is 2.62 bits per heavy atom. The molecule has 0 saturated carbocycles. The van der Waals surface area contributed by atoms with Crippen molar-refractivity contribution < 1.29 is 18.3 Å². The van der Waals surface area contributed by atoms with Gasteiger partial charge in [0.05, 0.1) is 16.7 Å². The monoisotopic (exact) mass is 327 g/mol. The average Bonchev–Trinajstić information content (AvgIpc) is 2.55. The lowest BCUT2D eigenvalue weighted by atomic mass is 9.99. The molecule has 1 aromatic carbocycles. The van der Waals surface area contributed by atoms with Gasteiger partial charge in [-0.1, -0.05) is 0 Å². The van der Waals surface area contributed by atoms with E-state index in [9.17, 15) is 18.8 Å². The van der Waals surface area contributed by atoms with Crippen LogP contribution in [0.15, 0.2) is 55.0 Å². The van der Waals surface area contributed by atoms with Gasteiger partial charge in [0.15, 0.2) is 12.0 Å². The quantitative estimate of drug-likeness (QED) is 0.455. The Bertz CT molecular complexity index is 931. The van der Waals surface area contributed by atoms with E-state index in [-0.39, 0.29) is 22.5 Å². The van der Waals surface area contributed by atoms with Crippen LogP contribution in [0.5, 0.6) is 0 Å². The first-order chi connectivity index (χ1) is 11.5. The van der Waals surface area contributed by atoms with Crippen LogP contribution in [-0.4, -0.2) is 10.8 Å². The molecule has 0 saturated heterocycles. The normalized spacial score (nSPS) is 10.6. The van der Waals surface area contributed by atoms with E-state index in [4.69, 9.17) is 5.73 Å². The van der Waals surface area contributed by atoms with Gasteiger partial charge in [-0.25, -0.2) is 8.78 Å². The number of pyridine rings is 2. The zero-order valence-electron chi connectivity index (χ0n) is 12.2. The van der Waals surface area contributed by atoms with Crippen LogP contribution < -0.4 is 10.5 Å². The molecule has 7 heteroatoms. The lowest BCUT2D eigenvalue weighted by molar-refractivity contribution is -0.593. The number of halogens is 2. The van der Waals surface area contributed by atoms with Gasteiger partial charge in [0.1, 0.15) is 17.3 Å². The van der Waals surface area contributed by atoms with Crippen LogP contribution in [0.25, 0.3) is 11.3 Å². The van der Waals surface area contributed by atoms with E-state index in [0.29, 0.717) is 16.4 Å². The predicted octanol–water partition coefficient (Wildman–Crippen LogP) is 2.47. The Morgan fingerprint density at radius 2 is 1.96 bits per heavy atom. The first kappa shape index (κ1) is 15.5. The molecule has 0 bridgehead atoms. The van der Waals surface area contributed by atoms with Crippen LogP contribution in [0.4, 0.5) is 14.5 Å². The van der Waals surface area contributed by atoms with Crippen LogP contribution in [0, 0.1) is 16.8 Å².